The zero-order valence-corrected chi connectivity index (χ0v) is 13.5. The Kier molecular flexibility index (Phi) is 5.60. The SMILES string of the molecule is CC(NCc1sccc1Br)c1ccc(OCC#N)cc1. The average molecular weight is 351 g/mol. The minimum atomic E-state index is 0.0829. The molecule has 1 N–H and O–H groups in total. The van der Waals surface area contributed by atoms with Crippen molar-refractivity contribution in [3.63, 3.8) is 0 Å². The molecule has 0 aliphatic rings. The van der Waals surface area contributed by atoms with Crippen molar-refractivity contribution >= 4 is 27.3 Å². The Morgan fingerprint density at radius 2 is 2.10 bits per heavy atom. The van der Waals surface area contributed by atoms with E-state index in [0.29, 0.717) is 0 Å². The highest BCUT2D eigenvalue weighted by Crippen LogP contribution is 2.24. The molecule has 1 atom stereocenters. The molecule has 0 radical (unpaired) electrons. The molecule has 0 saturated carbocycles. The van der Waals surface area contributed by atoms with E-state index in [2.05, 4.69) is 39.6 Å². The zero-order valence-electron chi connectivity index (χ0n) is 11.1. The van der Waals surface area contributed by atoms with Gasteiger partial charge in [0.05, 0.1) is 0 Å². The predicted molar refractivity (Wildman–Crippen MR) is 84.8 cm³/mol. The topological polar surface area (TPSA) is 45.0 Å². The van der Waals surface area contributed by atoms with Crippen molar-refractivity contribution in [1.29, 1.82) is 5.26 Å². The second-order valence-electron chi connectivity index (χ2n) is 4.31. The molecule has 5 heteroatoms. The van der Waals surface area contributed by atoms with E-state index in [1.807, 2.05) is 30.3 Å². The molecule has 1 aromatic heterocycles. The van der Waals surface area contributed by atoms with Crippen molar-refractivity contribution in [2.24, 2.45) is 0 Å². The van der Waals surface area contributed by atoms with Gasteiger partial charge in [0.15, 0.2) is 6.61 Å². The molecule has 1 unspecified atom stereocenters. The number of hydrogen-bond acceptors (Lipinski definition) is 4. The number of ether oxygens (including phenoxy) is 1. The average Bonchev–Trinajstić information content (AvgIpc) is 2.88. The second-order valence-corrected chi connectivity index (χ2v) is 6.17. The van der Waals surface area contributed by atoms with E-state index >= 15 is 0 Å². The molecule has 2 aromatic rings. The van der Waals surface area contributed by atoms with Gasteiger partial charge in [-0.1, -0.05) is 12.1 Å². The number of rotatable bonds is 6. The Labute approximate surface area is 131 Å². The van der Waals surface area contributed by atoms with E-state index < -0.39 is 0 Å². The molecule has 3 nitrogen and oxygen atoms in total. The Hall–Kier alpha value is -1.35. The Balaban J connectivity index is 1.90. The van der Waals surface area contributed by atoms with E-state index in [9.17, 15) is 0 Å². The van der Waals surface area contributed by atoms with Crippen molar-refractivity contribution in [3.05, 3.63) is 50.6 Å². The van der Waals surface area contributed by atoms with Gasteiger partial charge in [0.1, 0.15) is 11.8 Å². The van der Waals surface area contributed by atoms with Crippen LogP contribution >= 0.6 is 27.3 Å². The molecule has 20 heavy (non-hydrogen) atoms. The molecule has 0 spiro atoms. The number of halogens is 1. The number of nitrogens with one attached hydrogen (secondary N) is 1. The fourth-order valence-electron chi connectivity index (χ4n) is 1.78. The largest absolute Gasteiger partial charge is 0.479 e. The number of benzene rings is 1. The van der Waals surface area contributed by atoms with Crippen LogP contribution in [0, 0.1) is 11.3 Å². The predicted octanol–water partition coefficient (Wildman–Crippen LogP) is 4.26. The first kappa shape index (κ1) is 15.0. The highest BCUT2D eigenvalue weighted by molar-refractivity contribution is 9.10. The minimum Gasteiger partial charge on any atom is -0.479 e. The van der Waals surface area contributed by atoms with Crippen LogP contribution in [0.25, 0.3) is 0 Å². The van der Waals surface area contributed by atoms with Gasteiger partial charge >= 0.3 is 0 Å². The monoisotopic (exact) mass is 350 g/mol. The molecular weight excluding hydrogens is 336 g/mol. The summed E-state index contributed by atoms with van der Waals surface area (Å²) in [6, 6.07) is 12.1. The van der Waals surface area contributed by atoms with Gasteiger partial charge in [0.2, 0.25) is 0 Å². The van der Waals surface area contributed by atoms with Gasteiger partial charge in [0.25, 0.3) is 0 Å². The summed E-state index contributed by atoms with van der Waals surface area (Å²) in [5.41, 5.74) is 1.20. The van der Waals surface area contributed by atoms with Gasteiger partial charge in [0, 0.05) is 21.9 Å². The fourth-order valence-corrected chi connectivity index (χ4v) is 3.23. The summed E-state index contributed by atoms with van der Waals surface area (Å²) in [7, 11) is 0. The van der Waals surface area contributed by atoms with Crippen molar-refractivity contribution in [1.82, 2.24) is 5.32 Å². The molecule has 1 aromatic carbocycles. The zero-order chi connectivity index (χ0) is 14.4. The number of thiophene rings is 1. The molecule has 0 bridgehead atoms. The Morgan fingerprint density at radius 1 is 1.35 bits per heavy atom. The second kappa shape index (κ2) is 7.44. The first-order valence-electron chi connectivity index (χ1n) is 6.25. The van der Waals surface area contributed by atoms with Crippen LogP contribution in [0.4, 0.5) is 0 Å². The van der Waals surface area contributed by atoms with E-state index in [-0.39, 0.29) is 12.6 Å². The summed E-state index contributed by atoms with van der Waals surface area (Å²) in [5, 5.41) is 14.0. The number of hydrogen-bond donors (Lipinski definition) is 1. The maximum absolute atomic E-state index is 8.47. The maximum Gasteiger partial charge on any atom is 0.174 e. The van der Waals surface area contributed by atoms with Crippen molar-refractivity contribution in [3.8, 4) is 11.8 Å². The third kappa shape index (κ3) is 4.07. The maximum atomic E-state index is 8.47. The van der Waals surface area contributed by atoms with E-state index in [1.165, 1.54) is 10.4 Å². The summed E-state index contributed by atoms with van der Waals surface area (Å²) in [4.78, 5) is 1.30. The standard InChI is InChI=1S/C15H15BrN2OS/c1-11(18-10-15-14(16)6-9-20-15)12-2-4-13(5-3-12)19-8-7-17/h2-6,9,11,18H,8,10H2,1H3. The number of nitriles is 1. The van der Waals surface area contributed by atoms with Crippen molar-refractivity contribution in [2.75, 3.05) is 6.61 Å². The van der Waals surface area contributed by atoms with Crippen LogP contribution in [0.5, 0.6) is 5.75 Å². The minimum absolute atomic E-state index is 0.0829. The molecule has 104 valence electrons. The van der Waals surface area contributed by atoms with Crippen LogP contribution in [0.15, 0.2) is 40.2 Å². The highest BCUT2D eigenvalue weighted by atomic mass is 79.9. The van der Waals surface area contributed by atoms with Crippen molar-refractivity contribution in [2.45, 2.75) is 19.5 Å². The molecule has 0 amide bonds. The normalized spacial score (nSPS) is 11.8. The lowest BCUT2D eigenvalue weighted by molar-refractivity contribution is 0.368. The van der Waals surface area contributed by atoms with Crippen LogP contribution in [-0.2, 0) is 6.54 Å². The lowest BCUT2D eigenvalue weighted by Gasteiger charge is -2.14. The van der Waals surface area contributed by atoms with Gasteiger partial charge in [-0.3, -0.25) is 0 Å². The Bertz CT molecular complexity index is 589. The Morgan fingerprint density at radius 3 is 2.70 bits per heavy atom. The van der Waals surface area contributed by atoms with Gasteiger partial charge in [-0.15, -0.1) is 11.3 Å². The van der Waals surface area contributed by atoms with Crippen molar-refractivity contribution < 1.29 is 4.74 Å². The summed E-state index contributed by atoms with van der Waals surface area (Å²) in [5.74, 6) is 0.725. The van der Waals surface area contributed by atoms with Gasteiger partial charge in [-0.25, -0.2) is 0 Å². The van der Waals surface area contributed by atoms with E-state index in [0.717, 1.165) is 16.8 Å². The van der Waals surface area contributed by atoms with Crippen LogP contribution < -0.4 is 10.1 Å². The van der Waals surface area contributed by atoms with E-state index in [1.54, 1.807) is 11.3 Å². The summed E-state index contributed by atoms with van der Waals surface area (Å²) >= 11 is 5.27. The molecule has 1 heterocycles. The quantitative estimate of drug-likeness (QED) is 0.846. The lowest BCUT2D eigenvalue weighted by atomic mass is 10.1. The summed E-state index contributed by atoms with van der Waals surface area (Å²) in [6.07, 6.45) is 0. The van der Waals surface area contributed by atoms with Crippen LogP contribution in [-0.4, -0.2) is 6.61 Å². The molecule has 2 rings (SSSR count). The van der Waals surface area contributed by atoms with E-state index in [4.69, 9.17) is 10.00 Å². The third-order valence-corrected chi connectivity index (χ3v) is 4.87. The smallest absolute Gasteiger partial charge is 0.174 e. The van der Waals surface area contributed by atoms with Crippen LogP contribution in [0.3, 0.4) is 0 Å². The first-order chi connectivity index (χ1) is 9.70. The molecule has 0 saturated heterocycles. The molecule has 0 aliphatic heterocycles. The van der Waals surface area contributed by atoms with Gasteiger partial charge in [-0.05, 0) is 52.0 Å². The fraction of sp³-hybridized carbons (Fsp3) is 0.267. The first-order valence-corrected chi connectivity index (χ1v) is 7.93. The van der Waals surface area contributed by atoms with Gasteiger partial charge < -0.3 is 10.1 Å². The number of nitrogens with zero attached hydrogens (tertiary/aromatic N) is 1. The van der Waals surface area contributed by atoms with Crippen LogP contribution in [0.1, 0.15) is 23.4 Å². The molecule has 0 aliphatic carbocycles. The molecular formula is C15H15BrN2OS. The van der Waals surface area contributed by atoms with Gasteiger partial charge in [-0.2, -0.15) is 5.26 Å². The highest BCUT2D eigenvalue weighted by Gasteiger charge is 2.07. The van der Waals surface area contributed by atoms with Crippen LogP contribution in [0.2, 0.25) is 0 Å². The molecule has 0 fully saturated rings. The summed E-state index contributed by atoms with van der Waals surface area (Å²) < 4.78 is 6.39. The third-order valence-electron chi connectivity index (χ3n) is 2.94. The lowest BCUT2D eigenvalue weighted by Crippen LogP contribution is -2.17. The summed E-state index contributed by atoms with van der Waals surface area (Å²) in [6.45, 7) is 3.05.